The number of fused-ring (bicyclic) bond motifs is 1. The van der Waals surface area contributed by atoms with E-state index in [0.29, 0.717) is 31.3 Å². The number of rotatable bonds is 5. The molecule has 23 heavy (non-hydrogen) atoms. The van der Waals surface area contributed by atoms with E-state index in [9.17, 15) is 13.9 Å². The average Bonchev–Trinajstić information content (AvgIpc) is 2.54. The van der Waals surface area contributed by atoms with Crippen molar-refractivity contribution < 1.29 is 23.4 Å². The van der Waals surface area contributed by atoms with Gasteiger partial charge in [0.1, 0.15) is 24.8 Å². The largest absolute Gasteiger partial charge is 0.486 e. The maximum atomic E-state index is 13.6. The van der Waals surface area contributed by atoms with Gasteiger partial charge in [0, 0.05) is 13.1 Å². The molecule has 1 heterocycles. The first kappa shape index (κ1) is 15.7. The van der Waals surface area contributed by atoms with Crippen LogP contribution in [0.3, 0.4) is 0 Å². The van der Waals surface area contributed by atoms with Crippen molar-refractivity contribution in [3.63, 3.8) is 0 Å². The zero-order valence-electron chi connectivity index (χ0n) is 12.4. The van der Waals surface area contributed by atoms with Gasteiger partial charge in [-0.2, -0.15) is 0 Å². The molecule has 0 amide bonds. The summed E-state index contributed by atoms with van der Waals surface area (Å²) in [7, 11) is 0. The first-order valence-corrected chi connectivity index (χ1v) is 7.36. The topological polar surface area (TPSA) is 50.7 Å². The fraction of sp³-hybridized carbons (Fsp3) is 0.294. The van der Waals surface area contributed by atoms with Gasteiger partial charge in [-0.05, 0) is 29.8 Å². The molecule has 1 aliphatic heterocycles. The van der Waals surface area contributed by atoms with E-state index in [2.05, 4.69) is 5.32 Å². The number of aliphatic hydroxyl groups excluding tert-OH is 1. The molecule has 0 saturated carbocycles. The number of benzene rings is 2. The SMILES string of the molecule is OC(CNCc1ccc2c(c1)OCCO2)c1c(F)cccc1F. The van der Waals surface area contributed by atoms with Crippen molar-refractivity contribution >= 4 is 0 Å². The molecule has 122 valence electrons. The summed E-state index contributed by atoms with van der Waals surface area (Å²) in [5.74, 6) is -0.123. The highest BCUT2D eigenvalue weighted by Crippen LogP contribution is 2.30. The summed E-state index contributed by atoms with van der Waals surface area (Å²) in [5.41, 5.74) is 0.609. The minimum Gasteiger partial charge on any atom is -0.486 e. The minimum absolute atomic E-state index is 0.0340. The molecule has 0 radical (unpaired) electrons. The lowest BCUT2D eigenvalue weighted by Crippen LogP contribution is -2.22. The van der Waals surface area contributed by atoms with Gasteiger partial charge in [0.15, 0.2) is 11.5 Å². The molecule has 0 fully saturated rings. The van der Waals surface area contributed by atoms with E-state index >= 15 is 0 Å². The highest BCUT2D eigenvalue weighted by atomic mass is 19.1. The Morgan fingerprint density at radius 3 is 2.48 bits per heavy atom. The van der Waals surface area contributed by atoms with E-state index in [1.165, 1.54) is 6.07 Å². The van der Waals surface area contributed by atoms with Crippen LogP contribution in [0.2, 0.25) is 0 Å². The van der Waals surface area contributed by atoms with Crippen LogP contribution in [0.25, 0.3) is 0 Å². The number of hydrogen-bond acceptors (Lipinski definition) is 4. The number of ether oxygens (including phenoxy) is 2. The van der Waals surface area contributed by atoms with Crippen molar-refractivity contribution in [2.75, 3.05) is 19.8 Å². The van der Waals surface area contributed by atoms with E-state index in [1.54, 1.807) is 0 Å². The zero-order valence-corrected chi connectivity index (χ0v) is 12.4. The Bertz CT molecular complexity index is 673. The monoisotopic (exact) mass is 321 g/mol. The molecular formula is C17H17F2NO3. The van der Waals surface area contributed by atoms with Crippen molar-refractivity contribution in [2.24, 2.45) is 0 Å². The van der Waals surface area contributed by atoms with Crippen molar-refractivity contribution in [1.82, 2.24) is 5.32 Å². The zero-order chi connectivity index (χ0) is 16.2. The molecule has 6 heteroatoms. The molecule has 0 spiro atoms. The van der Waals surface area contributed by atoms with Crippen LogP contribution in [0.1, 0.15) is 17.2 Å². The standard InChI is InChI=1S/C17H17F2NO3/c18-12-2-1-3-13(19)17(12)14(21)10-20-9-11-4-5-15-16(8-11)23-7-6-22-15/h1-5,8,14,20-21H,6-7,9-10H2. The van der Waals surface area contributed by atoms with Crippen molar-refractivity contribution in [3.05, 3.63) is 59.2 Å². The molecule has 3 rings (SSSR count). The molecule has 0 aliphatic carbocycles. The highest BCUT2D eigenvalue weighted by molar-refractivity contribution is 5.43. The van der Waals surface area contributed by atoms with Crippen molar-refractivity contribution in [1.29, 1.82) is 0 Å². The summed E-state index contributed by atoms with van der Waals surface area (Å²) in [5, 5.41) is 12.9. The van der Waals surface area contributed by atoms with Crippen LogP contribution in [0.5, 0.6) is 11.5 Å². The Kier molecular flexibility index (Phi) is 4.73. The van der Waals surface area contributed by atoms with Gasteiger partial charge in [-0.25, -0.2) is 8.78 Å². The smallest absolute Gasteiger partial charge is 0.161 e. The second kappa shape index (κ2) is 6.93. The quantitative estimate of drug-likeness (QED) is 0.889. The van der Waals surface area contributed by atoms with E-state index in [4.69, 9.17) is 9.47 Å². The third-order valence-electron chi connectivity index (χ3n) is 3.61. The lowest BCUT2D eigenvalue weighted by Gasteiger charge is -2.19. The summed E-state index contributed by atoms with van der Waals surface area (Å²) < 4.78 is 38.1. The van der Waals surface area contributed by atoms with Gasteiger partial charge in [0.2, 0.25) is 0 Å². The van der Waals surface area contributed by atoms with Crippen LogP contribution in [-0.2, 0) is 6.54 Å². The Balaban J connectivity index is 1.59. The Morgan fingerprint density at radius 2 is 1.74 bits per heavy atom. The van der Waals surface area contributed by atoms with Crippen LogP contribution in [0, 0.1) is 11.6 Å². The molecule has 1 atom stereocenters. The van der Waals surface area contributed by atoms with Gasteiger partial charge >= 0.3 is 0 Å². The molecule has 2 aromatic rings. The number of aliphatic hydroxyl groups is 1. The van der Waals surface area contributed by atoms with Gasteiger partial charge in [0.05, 0.1) is 11.7 Å². The van der Waals surface area contributed by atoms with Crippen LogP contribution >= 0.6 is 0 Å². The predicted molar refractivity (Wildman–Crippen MR) is 80.5 cm³/mol. The molecule has 2 N–H and O–H groups in total. The summed E-state index contributed by atoms with van der Waals surface area (Å²) in [6.45, 7) is 1.51. The van der Waals surface area contributed by atoms with Crippen molar-refractivity contribution in [2.45, 2.75) is 12.6 Å². The van der Waals surface area contributed by atoms with Crippen LogP contribution in [0.4, 0.5) is 8.78 Å². The Hall–Kier alpha value is -2.18. The Labute approximate surface area is 132 Å². The first-order chi connectivity index (χ1) is 11.1. The molecular weight excluding hydrogens is 304 g/mol. The lowest BCUT2D eigenvalue weighted by atomic mass is 10.1. The number of halogens is 2. The second-order valence-corrected chi connectivity index (χ2v) is 5.26. The maximum Gasteiger partial charge on any atom is 0.161 e. The van der Waals surface area contributed by atoms with Gasteiger partial charge in [-0.3, -0.25) is 0 Å². The average molecular weight is 321 g/mol. The maximum absolute atomic E-state index is 13.6. The molecule has 0 saturated heterocycles. The van der Waals surface area contributed by atoms with E-state index in [-0.39, 0.29) is 12.1 Å². The van der Waals surface area contributed by atoms with E-state index < -0.39 is 17.7 Å². The molecule has 2 aromatic carbocycles. The third-order valence-corrected chi connectivity index (χ3v) is 3.61. The second-order valence-electron chi connectivity index (χ2n) is 5.26. The van der Waals surface area contributed by atoms with Crippen LogP contribution in [-0.4, -0.2) is 24.9 Å². The first-order valence-electron chi connectivity index (χ1n) is 7.36. The van der Waals surface area contributed by atoms with Gasteiger partial charge in [-0.1, -0.05) is 12.1 Å². The minimum atomic E-state index is -1.26. The molecule has 1 aliphatic rings. The fourth-order valence-corrected chi connectivity index (χ4v) is 2.48. The molecule has 1 unspecified atom stereocenters. The third kappa shape index (κ3) is 3.60. The fourth-order valence-electron chi connectivity index (χ4n) is 2.48. The van der Waals surface area contributed by atoms with Crippen molar-refractivity contribution in [3.8, 4) is 11.5 Å². The van der Waals surface area contributed by atoms with Gasteiger partial charge in [0.25, 0.3) is 0 Å². The van der Waals surface area contributed by atoms with Crippen LogP contribution in [0.15, 0.2) is 36.4 Å². The summed E-state index contributed by atoms with van der Waals surface area (Å²) in [6, 6.07) is 9.06. The molecule has 0 bridgehead atoms. The predicted octanol–water partition coefficient (Wildman–Crippen LogP) is 2.56. The normalized spacial score (nSPS) is 14.6. The summed E-state index contributed by atoms with van der Waals surface area (Å²) in [6.07, 6.45) is -1.26. The Morgan fingerprint density at radius 1 is 1.04 bits per heavy atom. The van der Waals surface area contributed by atoms with Crippen LogP contribution < -0.4 is 14.8 Å². The number of hydrogen-bond donors (Lipinski definition) is 2. The lowest BCUT2D eigenvalue weighted by molar-refractivity contribution is 0.164. The molecule has 0 aromatic heterocycles. The van der Waals surface area contributed by atoms with E-state index in [1.807, 2.05) is 18.2 Å². The molecule has 4 nitrogen and oxygen atoms in total. The van der Waals surface area contributed by atoms with E-state index in [0.717, 1.165) is 17.7 Å². The van der Waals surface area contributed by atoms with Gasteiger partial charge in [-0.15, -0.1) is 0 Å². The van der Waals surface area contributed by atoms with Gasteiger partial charge < -0.3 is 19.9 Å². The summed E-state index contributed by atoms with van der Waals surface area (Å²) in [4.78, 5) is 0. The number of nitrogens with one attached hydrogen (secondary N) is 1. The summed E-state index contributed by atoms with van der Waals surface area (Å²) >= 11 is 0. The highest BCUT2D eigenvalue weighted by Gasteiger charge is 2.17.